The number of carbonyl (C=O) groups is 1. The van der Waals surface area contributed by atoms with E-state index in [2.05, 4.69) is 20.4 Å². The fourth-order valence-electron chi connectivity index (χ4n) is 2.70. The summed E-state index contributed by atoms with van der Waals surface area (Å²) in [6.07, 6.45) is 4.24. The van der Waals surface area contributed by atoms with Crippen LogP contribution in [0.25, 0.3) is 17.1 Å². The zero-order chi connectivity index (χ0) is 19.7. The Labute approximate surface area is 157 Å². The number of hydrogen-bond acceptors (Lipinski definition) is 5. The molecule has 0 aliphatic carbocycles. The van der Waals surface area contributed by atoms with Crippen molar-refractivity contribution >= 4 is 11.9 Å². The van der Waals surface area contributed by atoms with Gasteiger partial charge in [-0.2, -0.15) is 10.1 Å². The minimum absolute atomic E-state index is 0.0770. The standard InChI is InChI=1S/C19H13F2N5O2/c1-11-4-3-8-22-16(11)14-10-28-19(24-14)25-18(27)15-7-9-23-26(15)17-12(20)5-2-6-13(17)21/h2-10H,1H3,(H,24,25,27). The second kappa shape index (κ2) is 7.03. The van der Waals surface area contributed by atoms with Crippen molar-refractivity contribution in [2.45, 2.75) is 6.92 Å². The molecule has 0 aliphatic rings. The molecule has 0 atom stereocenters. The van der Waals surface area contributed by atoms with Crippen molar-refractivity contribution in [3.63, 3.8) is 0 Å². The zero-order valence-electron chi connectivity index (χ0n) is 14.6. The smallest absolute Gasteiger partial charge is 0.302 e. The molecule has 1 N–H and O–H groups in total. The Hall–Kier alpha value is -3.88. The molecule has 0 radical (unpaired) electrons. The number of halogens is 2. The number of para-hydroxylation sites is 1. The summed E-state index contributed by atoms with van der Waals surface area (Å²) in [6.45, 7) is 1.87. The van der Waals surface area contributed by atoms with Gasteiger partial charge in [0, 0.05) is 6.20 Å². The van der Waals surface area contributed by atoms with Gasteiger partial charge in [-0.3, -0.25) is 15.1 Å². The third-order valence-corrected chi connectivity index (χ3v) is 4.00. The molecule has 0 fully saturated rings. The van der Waals surface area contributed by atoms with Gasteiger partial charge in [-0.15, -0.1) is 0 Å². The van der Waals surface area contributed by atoms with E-state index in [1.54, 1.807) is 12.3 Å². The average molecular weight is 381 g/mol. The van der Waals surface area contributed by atoms with Gasteiger partial charge in [0.2, 0.25) is 0 Å². The van der Waals surface area contributed by atoms with Gasteiger partial charge in [-0.1, -0.05) is 12.1 Å². The molecule has 0 saturated heterocycles. The number of aryl methyl sites for hydroxylation is 1. The molecule has 0 bridgehead atoms. The van der Waals surface area contributed by atoms with Gasteiger partial charge < -0.3 is 4.42 Å². The van der Waals surface area contributed by atoms with Gasteiger partial charge >= 0.3 is 6.01 Å². The molecule has 0 unspecified atom stereocenters. The van der Waals surface area contributed by atoms with Crippen LogP contribution in [0.1, 0.15) is 16.1 Å². The predicted molar refractivity (Wildman–Crippen MR) is 95.9 cm³/mol. The van der Waals surface area contributed by atoms with Crippen LogP contribution in [0.3, 0.4) is 0 Å². The number of pyridine rings is 1. The van der Waals surface area contributed by atoms with Gasteiger partial charge in [0.1, 0.15) is 23.3 Å². The number of nitrogens with zero attached hydrogens (tertiary/aromatic N) is 4. The normalized spacial score (nSPS) is 10.8. The predicted octanol–water partition coefficient (Wildman–Crippen LogP) is 3.76. The minimum atomic E-state index is -0.846. The molecule has 28 heavy (non-hydrogen) atoms. The highest BCUT2D eigenvalue weighted by molar-refractivity contribution is 6.02. The maximum Gasteiger partial charge on any atom is 0.302 e. The summed E-state index contributed by atoms with van der Waals surface area (Å²) in [6, 6.07) is 8.31. The summed E-state index contributed by atoms with van der Waals surface area (Å²) in [5.74, 6) is -2.38. The topological polar surface area (TPSA) is 85.8 Å². The van der Waals surface area contributed by atoms with E-state index < -0.39 is 23.2 Å². The molecule has 4 aromatic rings. The van der Waals surface area contributed by atoms with E-state index in [0.717, 1.165) is 22.4 Å². The van der Waals surface area contributed by atoms with Crippen LogP contribution in [0.5, 0.6) is 0 Å². The number of anilines is 1. The Kier molecular flexibility index (Phi) is 4.40. The lowest BCUT2D eigenvalue weighted by Crippen LogP contribution is -2.18. The van der Waals surface area contributed by atoms with Gasteiger partial charge in [0.15, 0.2) is 11.6 Å². The Morgan fingerprint density at radius 2 is 1.89 bits per heavy atom. The molecular formula is C19H13F2N5O2. The van der Waals surface area contributed by atoms with Crippen LogP contribution < -0.4 is 5.32 Å². The maximum absolute atomic E-state index is 14.0. The van der Waals surface area contributed by atoms with E-state index in [0.29, 0.717) is 11.4 Å². The largest absolute Gasteiger partial charge is 0.431 e. The highest BCUT2D eigenvalue weighted by atomic mass is 19.1. The summed E-state index contributed by atoms with van der Waals surface area (Å²) in [5.41, 5.74) is 1.42. The Balaban J connectivity index is 1.61. The van der Waals surface area contributed by atoms with Gasteiger partial charge in [0.05, 0.1) is 11.9 Å². The molecule has 0 aliphatic heterocycles. The van der Waals surface area contributed by atoms with E-state index >= 15 is 0 Å². The number of nitrogens with one attached hydrogen (secondary N) is 1. The summed E-state index contributed by atoms with van der Waals surface area (Å²) in [5, 5.41) is 6.30. The molecule has 0 spiro atoms. The number of hydrogen-bond donors (Lipinski definition) is 1. The first-order valence-electron chi connectivity index (χ1n) is 8.22. The van der Waals surface area contributed by atoms with Crippen molar-refractivity contribution in [1.29, 1.82) is 0 Å². The van der Waals surface area contributed by atoms with E-state index in [-0.39, 0.29) is 11.7 Å². The van der Waals surface area contributed by atoms with Crippen molar-refractivity contribution in [2.24, 2.45) is 0 Å². The molecule has 0 saturated carbocycles. The number of rotatable bonds is 4. The molecule has 4 rings (SSSR count). The van der Waals surface area contributed by atoms with E-state index in [4.69, 9.17) is 4.42 Å². The lowest BCUT2D eigenvalue weighted by molar-refractivity contribution is 0.101. The molecule has 1 aromatic carbocycles. The van der Waals surface area contributed by atoms with Crippen LogP contribution in [-0.4, -0.2) is 25.7 Å². The third-order valence-electron chi connectivity index (χ3n) is 4.00. The minimum Gasteiger partial charge on any atom is -0.431 e. The van der Waals surface area contributed by atoms with Crippen molar-refractivity contribution in [1.82, 2.24) is 19.7 Å². The van der Waals surface area contributed by atoms with Crippen molar-refractivity contribution in [3.8, 4) is 17.1 Å². The maximum atomic E-state index is 14.0. The molecule has 3 heterocycles. The number of benzene rings is 1. The monoisotopic (exact) mass is 381 g/mol. The van der Waals surface area contributed by atoms with E-state index in [1.807, 2.05) is 13.0 Å². The Bertz CT molecular complexity index is 1150. The van der Waals surface area contributed by atoms with Crippen molar-refractivity contribution < 1.29 is 18.0 Å². The third kappa shape index (κ3) is 3.13. The van der Waals surface area contributed by atoms with Crippen molar-refractivity contribution in [2.75, 3.05) is 5.32 Å². The first kappa shape index (κ1) is 17.5. The van der Waals surface area contributed by atoms with Crippen molar-refractivity contribution in [3.05, 3.63) is 77.9 Å². The lowest BCUT2D eigenvalue weighted by atomic mass is 10.2. The first-order valence-corrected chi connectivity index (χ1v) is 8.22. The van der Waals surface area contributed by atoms with E-state index in [1.165, 1.54) is 24.6 Å². The van der Waals surface area contributed by atoms with Crippen LogP contribution in [0.4, 0.5) is 14.8 Å². The number of aromatic nitrogens is 4. The SMILES string of the molecule is Cc1cccnc1-c1coc(NC(=O)c2ccnn2-c2c(F)cccc2F)n1. The van der Waals surface area contributed by atoms with Crippen LogP contribution in [-0.2, 0) is 0 Å². The second-order valence-corrected chi connectivity index (χ2v) is 5.86. The van der Waals surface area contributed by atoms with E-state index in [9.17, 15) is 13.6 Å². The summed E-state index contributed by atoms with van der Waals surface area (Å²) < 4.78 is 34.2. The fourth-order valence-corrected chi connectivity index (χ4v) is 2.70. The molecule has 1 amide bonds. The number of carbonyl (C=O) groups excluding carboxylic acids is 1. The molecular weight excluding hydrogens is 368 g/mol. The fraction of sp³-hybridized carbons (Fsp3) is 0.0526. The van der Waals surface area contributed by atoms with Crippen LogP contribution in [0.15, 0.2) is 59.5 Å². The zero-order valence-corrected chi connectivity index (χ0v) is 14.6. The summed E-state index contributed by atoms with van der Waals surface area (Å²) in [7, 11) is 0. The number of oxazole rings is 1. The summed E-state index contributed by atoms with van der Waals surface area (Å²) >= 11 is 0. The molecule has 3 aromatic heterocycles. The quantitative estimate of drug-likeness (QED) is 0.582. The first-order chi connectivity index (χ1) is 13.5. The highest BCUT2D eigenvalue weighted by Gasteiger charge is 2.20. The Morgan fingerprint density at radius 1 is 1.11 bits per heavy atom. The van der Waals surface area contributed by atoms with Crippen LogP contribution >= 0.6 is 0 Å². The average Bonchev–Trinajstić information content (AvgIpc) is 3.32. The van der Waals surface area contributed by atoms with Crippen LogP contribution in [0.2, 0.25) is 0 Å². The Morgan fingerprint density at radius 3 is 2.64 bits per heavy atom. The lowest BCUT2D eigenvalue weighted by Gasteiger charge is -2.08. The number of amides is 1. The summed E-state index contributed by atoms with van der Waals surface area (Å²) in [4.78, 5) is 21.0. The van der Waals surface area contributed by atoms with Gasteiger partial charge in [0.25, 0.3) is 5.91 Å². The molecule has 140 valence electrons. The molecule has 9 heteroatoms. The molecule has 7 nitrogen and oxygen atoms in total. The second-order valence-electron chi connectivity index (χ2n) is 5.86. The highest BCUT2D eigenvalue weighted by Crippen LogP contribution is 2.23. The van der Waals surface area contributed by atoms with Crippen LogP contribution in [0, 0.1) is 18.6 Å². The van der Waals surface area contributed by atoms with Gasteiger partial charge in [-0.05, 0) is 36.8 Å². The van der Waals surface area contributed by atoms with Gasteiger partial charge in [-0.25, -0.2) is 13.5 Å².